The Morgan fingerprint density at radius 1 is 1.44 bits per heavy atom. The molecule has 9 heavy (non-hydrogen) atoms. The van der Waals surface area contributed by atoms with E-state index >= 15 is 0 Å². The molecule has 0 unspecified atom stereocenters. The fourth-order valence-electron chi connectivity index (χ4n) is 1.32. The number of hydrogen-bond acceptors (Lipinski definition) is 2. The van der Waals surface area contributed by atoms with E-state index in [1.807, 2.05) is 6.92 Å². The molecule has 1 aliphatic rings. The van der Waals surface area contributed by atoms with Crippen LogP contribution in [0, 0.1) is 6.92 Å². The van der Waals surface area contributed by atoms with E-state index in [2.05, 4.69) is 4.98 Å². The second-order valence-electron chi connectivity index (χ2n) is 2.46. The molecule has 0 fully saturated rings. The third-order valence-corrected chi connectivity index (χ3v) is 1.70. The van der Waals surface area contributed by atoms with Crippen LogP contribution in [0.4, 0.5) is 0 Å². The smallest absolute Gasteiger partial charge is 0.191 e. The van der Waals surface area contributed by atoms with E-state index in [4.69, 9.17) is 4.42 Å². The van der Waals surface area contributed by atoms with E-state index in [1.165, 1.54) is 12.1 Å². The van der Waals surface area contributed by atoms with Crippen LogP contribution in [0.25, 0.3) is 0 Å². The lowest BCUT2D eigenvalue weighted by Crippen LogP contribution is -1.77. The summed E-state index contributed by atoms with van der Waals surface area (Å²) in [5, 5.41) is 0. The Hall–Kier alpha value is -0.790. The fraction of sp³-hybridized carbons (Fsp3) is 0.571. The van der Waals surface area contributed by atoms with Crippen molar-refractivity contribution in [3.05, 3.63) is 17.3 Å². The van der Waals surface area contributed by atoms with Gasteiger partial charge in [-0.15, -0.1) is 0 Å². The molecule has 1 aromatic heterocycles. The minimum Gasteiger partial charge on any atom is -0.446 e. The van der Waals surface area contributed by atoms with Crippen molar-refractivity contribution in [1.29, 1.82) is 0 Å². The molecule has 0 spiro atoms. The number of nitrogens with zero attached hydrogens (tertiary/aromatic N) is 1. The molecular formula is C7H9NO. The molecule has 0 N–H and O–H groups in total. The second-order valence-corrected chi connectivity index (χ2v) is 2.46. The highest BCUT2D eigenvalue weighted by atomic mass is 16.4. The van der Waals surface area contributed by atoms with Crippen LogP contribution >= 0.6 is 0 Å². The van der Waals surface area contributed by atoms with Crippen LogP contribution < -0.4 is 0 Å². The zero-order valence-corrected chi connectivity index (χ0v) is 5.48. The summed E-state index contributed by atoms with van der Waals surface area (Å²) in [6.07, 6.45) is 3.43. The molecule has 0 bridgehead atoms. The Bertz CT molecular complexity index is 205. The summed E-state index contributed by atoms with van der Waals surface area (Å²) in [5.74, 6) is 1.94. The van der Waals surface area contributed by atoms with Crippen LogP contribution in [0.5, 0.6) is 0 Å². The molecule has 1 aromatic rings. The molecule has 2 nitrogen and oxygen atoms in total. The summed E-state index contributed by atoms with van der Waals surface area (Å²) in [6, 6.07) is 0. The molecule has 0 atom stereocenters. The molecule has 0 aromatic carbocycles. The van der Waals surface area contributed by atoms with Crippen molar-refractivity contribution < 1.29 is 4.42 Å². The van der Waals surface area contributed by atoms with Crippen LogP contribution in [0.15, 0.2) is 4.42 Å². The fourth-order valence-corrected chi connectivity index (χ4v) is 1.32. The molecule has 0 radical (unpaired) electrons. The summed E-state index contributed by atoms with van der Waals surface area (Å²) in [6.45, 7) is 1.90. The predicted molar refractivity (Wildman–Crippen MR) is 33.3 cm³/mol. The lowest BCUT2D eigenvalue weighted by atomic mass is 10.4. The van der Waals surface area contributed by atoms with Gasteiger partial charge in [0, 0.05) is 13.3 Å². The van der Waals surface area contributed by atoms with Crippen molar-refractivity contribution in [1.82, 2.24) is 4.98 Å². The van der Waals surface area contributed by atoms with E-state index in [0.717, 1.165) is 24.5 Å². The number of oxazole rings is 1. The predicted octanol–water partition coefficient (Wildman–Crippen LogP) is 1.47. The summed E-state index contributed by atoms with van der Waals surface area (Å²) < 4.78 is 5.31. The molecule has 48 valence electrons. The maximum absolute atomic E-state index is 5.31. The van der Waals surface area contributed by atoms with Crippen molar-refractivity contribution in [2.45, 2.75) is 26.2 Å². The minimum absolute atomic E-state index is 0.819. The Morgan fingerprint density at radius 3 is 3.11 bits per heavy atom. The van der Waals surface area contributed by atoms with E-state index < -0.39 is 0 Å². The van der Waals surface area contributed by atoms with Gasteiger partial charge in [0.25, 0.3) is 0 Å². The molecule has 1 heterocycles. The van der Waals surface area contributed by atoms with Crippen molar-refractivity contribution >= 4 is 0 Å². The standard InChI is InChI=1S/C7H9NO/c1-5-8-6-3-2-4-7(6)9-5/h2-4H2,1H3. The van der Waals surface area contributed by atoms with E-state index in [0.29, 0.717) is 0 Å². The van der Waals surface area contributed by atoms with Gasteiger partial charge in [0.2, 0.25) is 0 Å². The van der Waals surface area contributed by atoms with Crippen LogP contribution in [0.1, 0.15) is 23.8 Å². The zero-order chi connectivity index (χ0) is 6.27. The first kappa shape index (κ1) is 5.03. The minimum atomic E-state index is 0.819. The van der Waals surface area contributed by atoms with Crippen LogP contribution in [-0.4, -0.2) is 4.98 Å². The average Bonchev–Trinajstić information content (AvgIpc) is 2.22. The van der Waals surface area contributed by atoms with Gasteiger partial charge in [0.1, 0.15) is 5.76 Å². The third-order valence-electron chi connectivity index (χ3n) is 1.70. The highest BCUT2D eigenvalue weighted by Gasteiger charge is 2.16. The Labute approximate surface area is 53.9 Å². The topological polar surface area (TPSA) is 26.0 Å². The monoisotopic (exact) mass is 123 g/mol. The molecule has 0 amide bonds. The van der Waals surface area contributed by atoms with Gasteiger partial charge >= 0.3 is 0 Å². The number of rotatable bonds is 0. The number of fused-ring (bicyclic) bond motifs is 1. The number of hydrogen-bond donors (Lipinski definition) is 0. The van der Waals surface area contributed by atoms with Gasteiger partial charge in [-0.3, -0.25) is 0 Å². The molecule has 2 heteroatoms. The SMILES string of the molecule is Cc1nc2c(o1)CCC2. The first-order valence-corrected chi connectivity index (χ1v) is 3.31. The van der Waals surface area contributed by atoms with Gasteiger partial charge in [-0.2, -0.15) is 0 Å². The van der Waals surface area contributed by atoms with E-state index in [9.17, 15) is 0 Å². The average molecular weight is 123 g/mol. The second kappa shape index (κ2) is 1.59. The van der Waals surface area contributed by atoms with Gasteiger partial charge in [-0.25, -0.2) is 4.98 Å². The molecule has 2 rings (SSSR count). The van der Waals surface area contributed by atoms with Crippen LogP contribution in [0.2, 0.25) is 0 Å². The van der Waals surface area contributed by atoms with Gasteiger partial charge in [0.05, 0.1) is 5.69 Å². The van der Waals surface area contributed by atoms with E-state index in [1.54, 1.807) is 0 Å². The first-order valence-electron chi connectivity index (χ1n) is 3.31. The van der Waals surface area contributed by atoms with E-state index in [-0.39, 0.29) is 0 Å². The van der Waals surface area contributed by atoms with Crippen LogP contribution in [-0.2, 0) is 12.8 Å². The normalized spacial score (nSPS) is 16.1. The lowest BCUT2D eigenvalue weighted by molar-refractivity contribution is 0.477. The third kappa shape index (κ3) is 0.661. The van der Waals surface area contributed by atoms with Gasteiger partial charge in [0.15, 0.2) is 5.89 Å². The highest BCUT2D eigenvalue weighted by Crippen LogP contribution is 2.21. The molecule has 0 saturated carbocycles. The quantitative estimate of drug-likeness (QED) is 0.522. The maximum Gasteiger partial charge on any atom is 0.191 e. The van der Waals surface area contributed by atoms with Crippen molar-refractivity contribution in [3.8, 4) is 0 Å². The summed E-state index contributed by atoms with van der Waals surface area (Å²) >= 11 is 0. The lowest BCUT2D eigenvalue weighted by Gasteiger charge is -1.81. The Morgan fingerprint density at radius 2 is 2.33 bits per heavy atom. The first-order chi connectivity index (χ1) is 4.36. The highest BCUT2D eigenvalue weighted by molar-refractivity contribution is 5.14. The largest absolute Gasteiger partial charge is 0.446 e. The summed E-state index contributed by atoms with van der Waals surface area (Å²) in [7, 11) is 0. The van der Waals surface area contributed by atoms with Gasteiger partial charge in [-0.1, -0.05) is 0 Å². The maximum atomic E-state index is 5.31. The summed E-state index contributed by atoms with van der Waals surface area (Å²) in [4.78, 5) is 4.22. The molecular weight excluding hydrogens is 114 g/mol. The zero-order valence-electron chi connectivity index (χ0n) is 5.48. The van der Waals surface area contributed by atoms with Gasteiger partial charge in [-0.05, 0) is 12.8 Å². The van der Waals surface area contributed by atoms with Crippen molar-refractivity contribution in [3.63, 3.8) is 0 Å². The molecule has 1 aliphatic carbocycles. The van der Waals surface area contributed by atoms with Crippen LogP contribution in [0.3, 0.4) is 0 Å². The Kier molecular flexibility index (Phi) is 0.891. The van der Waals surface area contributed by atoms with Crippen molar-refractivity contribution in [2.75, 3.05) is 0 Å². The Balaban J connectivity index is 2.51. The number of aryl methyl sites for hydroxylation is 3. The van der Waals surface area contributed by atoms with Crippen molar-refractivity contribution in [2.24, 2.45) is 0 Å². The summed E-state index contributed by atoms with van der Waals surface area (Å²) in [5.41, 5.74) is 1.19. The van der Waals surface area contributed by atoms with Gasteiger partial charge < -0.3 is 4.42 Å². The molecule has 0 saturated heterocycles. The molecule has 0 aliphatic heterocycles. The number of aromatic nitrogens is 1.